The Morgan fingerprint density at radius 3 is 2.76 bits per heavy atom. The van der Waals surface area contributed by atoms with E-state index in [1.54, 1.807) is 0 Å². The molecule has 1 fully saturated rings. The Hall–Kier alpha value is -1.74. The summed E-state index contributed by atoms with van der Waals surface area (Å²) in [6.07, 6.45) is 3.21. The van der Waals surface area contributed by atoms with Crippen molar-refractivity contribution in [1.82, 2.24) is 15.6 Å². The first-order chi connectivity index (χ1) is 13.8. The molecule has 0 radical (unpaired) electrons. The lowest BCUT2D eigenvalue weighted by atomic mass is 10.1. The van der Waals surface area contributed by atoms with Crippen LogP contribution in [0.25, 0.3) is 10.9 Å². The summed E-state index contributed by atoms with van der Waals surface area (Å²) in [5, 5.41) is 11.8. The summed E-state index contributed by atoms with van der Waals surface area (Å²) >= 11 is 1.83. The predicted molar refractivity (Wildman–Crippen MR) is 136 cm³/mol. The van der Waals surface area contributed by atoms with Crippen LogP contribution in [0.2, 0.25) is 0 Å². The van der Waals surface area contributed by atoms with Crippen molar-refractivity contribution in [3.63, 3.8) is 0 Å². The number of thiophene rings is 1. The third-order valence-electron chi connectivity index (χ3n) is 5.23. The molecule has 4 rings (SSSR count). The van der Waals surface area contributed by atoms with Gasteiger partial charge in [-0.2, -0.15) is 0 Å². The summed E-state index contributed by atoms with van der Waals surface area (Å²) in [7, 11) is 0. The molecule has 156 valence electrons. The first-order valence-corrected chi connectivity index (χ1v) is 11.1. The standard InChI is InChI=1S/C22H29N5S.HI/c1-2-23-22(24-12-9-19-16-17-6-3-4-7-20(17)25-19)26-18-10-13-27(14-11-18)21-8-5-15-28-21;/h3-8,15-16,18,25H,2,9-14H2,1H3,(H2,23,24,26);1H. The van der Waals surface area contributed by atoms with Gasteiger partial charge < -0.3 is 20.5 Å². The molecule has 0 amide bonds. The Morgan fingerprint density at radius 2 is 2.03 bits per heavy atom. The topological polar surface area (TPSA) is 55.5 Å². The molecular formula is C22H30IN5S. The number of guanidine groups is 1. The number of fused-ring (bicyclic) bond motifs is 1. The summed E-state index contributed by atoms with van der Waals surface area (Å²) < 4.78 is 0. The number of benzene rings is 1. The Labute approximate surface area is 194 Å². The summed E-state index contributed by atoms with van der Waals surface area (Å²) in [5.41, 5.74) is 2.44. The second kappa shape index (κ2) is 10.9. The number of anilines is 1. The number of hydrogen-bond donors (Lipinski definition) is 3. The number of aromatic amines is 1. The minimum Gasteiger partial charge on any atom is -0.363 e. The molecule has 3 aromatic rings. The molecule has 3 heterocycles. The highest BCUT2D eigenvalue weighted by Crippen LogP contribution is 2.24. The number of aromatic nitrogens is 1. The van der Waals surface area contributed by atoms with Crippen molar-refractivity contribution in [2.24, 2.45) is 4.99 Å². The number of hydrogen-bond acceptors (Lipinski definition) is 3. The maximum absolute atomic E-state index is 4.80. The maximum atomic E-state index is 4.80. The van der Waals surface area contributed by atoms with E-state index in [-0.39, 0.29) is 24.0 Å². The van der Waals surface area contributed by atoms with Crippen molar-refractivity contribution in [1.29, 1.82) is 0 Å². The van der Waals surface area contributed by atoms with E-state index in [2.05, 4.69) is 75.3 Å². The van der Waals surface area contributed by atoms with Crippen LogP contribution < -0.4 is 15.5 Å². The van der Waals surface area contributed by atoms with Crippen LogP contribution in [0, 0.1) is 0 Å². The van der Waals surface area contributed by atoms with Gasteiger partial charge in [0.2, 0.25) is 0 Å². The highest BCUT2D eigenvalue weighted by atomic mass is 127. The average Bonchev–Trinajstić information content (AvgIpc) is 3.38. The van der Waals surface area contributed by atoms with Crippen molar-refractivity contribution in [2.75, 3.05) is 31.1 Å². The second-order valence-corrected chi connectivity index (χ2v) is 8.18. The van der Waals surface area contributed by atoms with E-state index in [0.717, 1.165) is 51.4 Å². The molecular weight excluding hydrogens is 493 g/mol. The molecule has 29 heavy (non-hydrogen) atoms. The highest BCUT2D eigenvalue weighted by Gasteiger charge is 2.20. The lowest BCUT2D eigenvalue weighted by Gasteiger charge is -2.33. The molecule has 1 aliphatic rings. The SMILES string of the molecule is CCNC(=NCCc1cc2ccccc2[nH]1)NC1CCN(c2cccs2)CC1.I. The molecule has 7 heteroatoms. The normalized spacial score (nSPS) is 15.3. The quantitative estimate of drug-likeness (QED) is 0.251. The van der Waals surface area contributed by atoms with Crippen molar-refractivity contribution < 1.29 is 0 Å². The number of para-hydroxylation sites is 1. The van der Waals surface area contributed by atoms with Gasteiger partial charge in [-0.1, -0.05) is 18.2 Å². The van der Waals surface area contributed by atoms with Gasteiger partial charge in [-0.3, -0.25) is 4.99 Å². The Kier molecular flexibility index (Phi) is 8.23. The Morgan fingerprint density at radius 1 is 1.21 bits per heavy atom. The molecule has 0 aliphatic carbocycles. The van der Waals surface area contributed by atoms with Crippen LogP contribution in [0.5, 0.6) is 0 Å². The number of nitrogens with zero attached hydrogens (tertiary/aromatic N) is 2. The molecule has 0 saturated carbocycles. The number of piperidine rings is 1. The third kappa shape index (κ3) is 5.88. The van der Waals surface area contributed by atoms with Crippen LogP contribution in [-0.2, 0) is 6.42 Å². The fourth-order valence-electron chi connectivity index (χ4n) is 3.76. The summed E-state index contributed by atoms with van der Waals surface area (Å²) in [6, 6.07) is 15.5. The van der Waals surface area contributed by atoms with Gasteiger partial charge in [0.25, 0.3) is 0 Å². The number of nitrogens with one attached hydrogen (secondary N) is 3. The number of halogens is 1. The first kappa shape index (κ1) is 22.0. The van der Waals surface area contributed by atoms with Gasteiger partial charge in [0.05, 0.1) is 5.00 Å². The van der Waals surface area contributed by atoms with Gasteiger partial charge in [0.15, 0.2) is 5.96 Å². The van der Waals surface area contributed by atoms with Crippen LogP contribution >= 0.6 is 35.3 Å². The van der Waals surface area contributed by atoms with Crippen molar-refractivity contribution in [3.8, 4) is 0 Å². The van der Waals surface area contributed by atoms with Gasteiger partial charge in [-0.25, -0.2) is 0 Å². The van der Waals surface area contributed by atoms with E-state index in [9.17, 15) is 0 Å². The van der Waals surface area contributed by atoms with Gasteiger partial charge in [0, 0.05) is 49.9 Å². The molecule has 1 saturated heterocycles. The zero-order valence-corrected chi connectivity index (χ0v) is 20.0. The summed E-state index contributed by atoms with van der Waals surface area (Å²) in [6.45, 7) is 5.98. The van der Waals surface area contributed by atoms with Crippen LogP contribution in [0.15, 0.2) is 52.8 Å². The highest BCUT2D eigenvalue weighted by molar-refractivity contribution is 14.0. The molecule has 5 nitrogen and oxygen atoms in total. The van der Waals surface area contributed by atoms with Crippen molar-refractivity contribution in [2.45, 2.75) is 32.2 Å². The Balaban J connectivity index is 0.00000240. The molecule has 1 aromatic carbocycles. The smallest absolute Gasteiger partial charge is 0.191 e. The van der Waals surface area contributed by atoms with E-state index in [4.69, 9.17) is 4.99 Å². The number of rotatable bonds is 6. The van der Waals surface area contributed by atoms with Gasteiger partial charge in [0.1, 0.15) is 0 Å². The van der Waals surface area contributed by atoms with Gasteiger partial charge in [-0.05, 0) is 54.8 Å². The first-order valence-electron chi connectivity index (χ1n) is 10.2. The Bertz CT molecular complexity index is 864. The average molecular weight is 523 g/mol. The number of aliphatic imine (C=N–C) groups is 1. The van der Waals surface area contributed by atoms with Gasteiger partial charge in [-0.15, -0.1) is 35.3 Å². The molecule has 0 unspecified atom stereocenters. The van der Waals surface area contributed by atoms with Crippen molar-refractivity contribution >= 4 is 57.2 Å². The maximum Gasteiger partial charge on any atom is 0.191 e. The zero-order valence-electron chi connectivity index (χ0n) is 16.9. The van der Waals surface area contributed by atoms with E-state index >= 15 is 0 Å². The van der Waals surface area contributed by atoms with Gasteiger partial charge >= 0.3 is 0 Å². The minimum atomic E-state index is 0. The fraction of sp³-hybridized carbons (Fsp3) is 0.409. The summed E-state index contributed by atoms with van der Waals surface area (Å²) in [5.74, 6) is 0.938. The van der Waals surface area contributed by atoms with Crippen LogP contribution in [0.3, 0.4) is 0 Å². The third-order valence-corrected chi connectivity index (χ3v) is 6.16. The van der Waals surface area contributed by atoms with Crippen LogP contribution in [0.1, 0.15) is 25.5 Å². The largest absolute Gasteiger partial charge is 0.363 e. The van der Waals surface area contributed by atoms with Crippen molar-refractivity contribution in [3.05, 3.63) is 53.5 Å². The minimum absolute atomic E-state index is 0. The molecule has 3 N–H and O–H groups in total. The second-order valence-electron chi connectivity index (χ2n) is 7.25. The molecule has 2 aromatic heterocycles. The van der Waals surface area contributed by atoms with Crippen LogP contribution in [0.4, 0.5) is 5.00 Å². The van der Waals surface area contributed by atoms with E-state index in [1.807, 2.05) is 11.3 Å². The molecule has 0 spiro atoms. The monoisotopic (exact) mass is 523 g/mol. The molecule has 0 atom stereocenters. The van der Waals surface area contributed by atoms with E-state index in [0.29, 0.717) is 6.04 Å². The summed E-state index contributed by atoms with van der Waals surface area (Å²) in [4.78, 5) is 10.8. The predicted octanol–water partition coefficient (Wildman–Crippen LogP) is 4.61. The fourth-order valence-corrected chi connectivity index (χ4v) is 4.55. The molecule has 0 bridgehead atoms. The lowest BCUT2D eigenvalue weighted by Crippen LogP contribution is -2.48. The van der Waals surface area contributed by atoms with Crippen LogP contribution in [-0.4, -0.2) is 43.2 Å². The van der Waals surface area contributed by atoms with E-state index in [1.165, 1.54) is 21.6 Å². The molecule has 1 aliphatic heterocycles. The van der Waals surface area contributed by atoms with E-state index < -0.39 is 0 Å². The number of H-pyrrole nitrogens is 1. The zero-order chi connectivity index (χ0) is 19.2. The lowest BCUT2D eigenvalue weighted by molar-refractivity contribution is 0.463.